The summed E-state index contributed by atoms with van der Waals surface area (Å²) >= 11 is 6.82. The number of thioether (sulfide) groups is 1. The Hall–Kier alpha value is 0.527. The number of halogens is 1. The van der Waals surface area contributed by atoms with E-state index in [0.717, 1.165) is 5.75 Å². The van der Waals surface area contributed by atoms with E-state index < -0.39 is 8.07 Å². The largest absolute Gasteiger partial charge is 0.280 e. The van der Waals surface area contributed by atoms with Crippen molar-refractivity contribution >= 4 is 36.7 Å². The Morgan fingerprint density at radius 2 is 2.00 bits per heavy atom. The maximum Gasteiger partial charge on any atom is 0.231 e. The van der Waals surface area contributed by atoms with Crippen LogP contribution in [0.2, 0.25) is 25.7 Å². The van der Waals surface area contributed by atoms with Crippen molar-refractivity contribution in [1.82, 2.24) is 0 Å². The molecule has 0 heterocycles. The molecule has 0 N–H and O–H groups in total. The van der Waals surface area contributed by atoms with Crippen LogP contribution in [0, 0.1) is 0 Å². The zero-order valence-corrected chi connectivity index (χ0v) is 9.89. The van der Waals surface area contributed by atoms with Crippen molar-refractivity contribution in [3.63, 3.8) is 0 Å². The van der Waals surface area contributed by atoms with Gasteiger partial charge in [0.1, 0.15) is 0 Å². The van der Waals surface area contributed by atoms with Gasteiger partial charge in [0.05, 0.1) is 5.75 Å². The van der Waals surface area contributed by atoms with Crippen LogP contribution in [0.3, 0.4) is 0 Å². The van der Waals surface area contributed by atoms with Gasteiger partial charge < -0.3 is 0 Å². The summed E-state index contributed by atoms with van der Waals surface area (Å²) in [5.41, 5.74) is 0. The van der Waals surface area contributed by atoms with Crippen LogP contribution in [0.4, 0.5) is 0 Å². The minimum Gasteiger partial charge on any atom is -0.280 e. The second-order valence-corrected chi connectivity index (χ2v) is 10.9. The number of rotatable bonds is 5. The highest BCUT2D eigenvalue weighted by Crippen LogP contribution is 2.13. The molecule has 0 unspecified atom stereocenters. The minimum absolute atomic E-state index is 0.231. The van der Waals surface area contributed by atoms with Crippen LogP contribution < -0.4 is 0 Å². The van der Waals surface area contributed by atoms with Crippen molar-refractivity contribution in [2.45, 2.75) is 25.7 Å². The molecule has 0 amide bonds. The van der Waals surface area contributed by atoms with Crippen LogP contribution in [0.1, 0.15) is 0 Å². The van der Waals surface area contributed by atoms with Gasteiger partial charge in [-0.3, -0.25) is 4.79 Å². The van der Waals surface area contributed by atoms with Crippen LogP contribution in [-0.4, -0.2) is 24.8 Å². The second-order valence-electron chi connectivity index (χ2n) is 3.72. The van der Waals surface area contributed by atoms with Crippen molar-refractivity contribution in [1.29, 1.82) is 0 Å². The van der Waals surface area contributed by atoms with E-state index in [0.29, 0.717) is 5.75 Å². The smallest absolute Gasteiger partial charge is 0.231 e. The van der Waals surface area contributed by atoms with Gasteiger partial charge in [0.15, 0.2) is 0 Å². The van der Waals surface area contributed by atoms with E-state index >= 15 is 0 Å². The van der Waals surface area contributed by atoms with E-state index in [4.69, 9.17) is 11.6 Å². The van der Waals surface area contributed by atoms with Gasteiger partial charge in [-0.1, -0.05) is 19.6 Å². The maximum atomic E-state index is 10.3. The summed E-state index contributed by atoms with van der Waals surface area (Å²) in [6, 6.07) is 1.27. The topological polar surface area (TPSA) is 17.1 Å². The van der Waals surface area contributed by atoms with E-state index in [-0.39, 0.29) is 5.24 Å². The summed E-state index contributed by atoms with van der Waals surface area (Å²) in [6.45, 7) is 6.99. The minimum atomic E-state index is -0.904. The zero-order chi connectivity index (χ0) is 8.91. The molecule has 66 valence electrons. The quantitative estimate of drug-likeness (QED) is 0.395. The lowest BCUT2D eigenvalue weighted by atomic mass is 10.9. The molecule has 0 aliphatic carbocycles. The SMILES string of the molecule is C[Si](C)(C)CCSCC(=O)Cl. The summed E-state index contributed by atoms with van der Waals surface area (Å²) in [5, 5.41) is -0.231. The van der Waals surface area contributed by atoms with E-state index in [1.807, 2.05) is 0 Å². The highest BCUT2D eigenvalue weighted by molar-refractivity contribution is 8.00. The molecule has 0 fully saturated rings. The standard InChI is InChI=1S/C7H15ClOSSi/c1-11(2,3)5-4-10-6-7(8)9/h4-6H2,1-3H3. The molecule has 0 aliphatic heterocycles. The fourth-order valence-corrected chi connectivity index (χ4v) is 4.09. The van der Waals surface area contributed by atoms with Crippen molar-refractivity contribution in [2.24, 2.45) is 0 Å². The van der Waals surface area contributed by atoms with Crippen molar-refractivity contribution in [2.75, 3.05) is 11.5 Å². The van der Waals surface area contributed by atoms with Gasteiger partial charge in [0.2, 0.25) is 5.24 Å². The average molecular weight is 211 g/mol. The Kier molecular flexibility index (Phi) is 5.47. The first-order chi connectivity index (χ1) is 4.92. The highest BCUT2D eigenvalue weighted by atomic mass is 35.5. The van der Waals surface area contributed by atoms with Crippen molar-refractivity contribution in [3.05, 3.63) is 0 Å². The summed E-state index contributed by atoms with van der Waals surface area (Å²) in [4.78, 5) is 10.3. The molecule has 4 heteroatoms. The summed E-state index contributed by atoms with van der Waals surface area (Å²) in [7, 11) is -0.904. The molecule has 11 heavy (non-hydrogen) atoms. The summed E-state index contributed by atoms with van der Waals surface area (Å²) in [6.07, 6.45) is 0. The number of carbonyl (C=O) groups excluding carboxylic acids is 1. The zero-order valence-electron chi connectivity index (χ0n) is 7.32. The fraction of sp³-hybridized carbons (Fsp3) is 0.857. The molecule has 1 nitrogen and oxygen atoms in total. The first-order valence-electron chi connectivity index (χ1n) is 3.68. The van der Waals surface area contributed by atoms with E-state index in [2.05, 4.69) is 19.6 Å². The molecule has 0 saturated heterocycles. The number of hydrogen-bond donors (Lipinski definition) is 0. The first kappa shape index (κ1) is 11.5. The molecule has 0 aromatic heterocycles. The summed E-state index contributed by atoms with van der Waals surface area (Å²) < 4.78 is 0. The van der Waals surface area contributed by atoms with Gasteiger partial charge in [0, 0.05) is 8.07 Å². The van der Waals surface area contributed by atoms with Crippen LogP contribution in [0.15, 0.2) is 0 Å². The lowest BCUT2D eigenvalue weighted by Crippen LogP contribution is -2.20. The van der Waals surface area contributed by atoms with Gasteiger partial charge in [-0.2, -0.15) is 11.8 Å². The fourth-order valence-electron chi connectivity index (χ4n) is 0.531. The molecule has 0 bridgehead atoms. The van der Waals surface area contributed by atoms with Gasteiger partial charge in [0.25, 0.3) is 0 Å². The third kappa shape index (κ3) is 10.5. The molecule has 0 aromatic rings. The molecular weight excluding hydrogens is 196 g/mol. The van der Waals surface area contributed by atoms with Crippen LogP contribution in [0.25, 0.3) is 0 Å². The van der Waals surface area contributed by atoms with Crippen LogP contribution in [-0.2, 0) is 4.79 Å². The lowest BCUT2D eigenvalue weighted by molar-refractivity contribution is -0.109. The Balaban J connectivity index is 3.22. The van der Waals surface area contributed by atoms with E-state index in [9.17, 15) is 4.79 Å². The molecule has 0 spiro atoms. The normalized spacial score (nSPS) is 11.6. The molecule has 0 aliphatic rings. The molecule has 0 saturated carbocycles. The molecule has 0 atom stereocenters. The predicted molar refractivity (Wildman–Crippen MR) is 56.3 cm³/mol. The monoisotopic (exact) mass is 210 g/mol. The van der Waals surface area contributed by atoms with E-state index in [1.54, 1.807) is 11.8 Å². The van der Waals surface area contributed by atoms with Gasteiger partial charge in [-0.25, -0.2) is 0 Å². The third-order valence-corrected chi connectivity index (χ3v) is 4.58. The van der Waals surface area contributed by atoms with Crippen LogP contribution >= 0.6 is 23.4 Å². The third-order valence-electron chi connectivity index (χ3n) is 1.21. The lowest BCUT2D eigenvalue weighted by Gasteiger charge is -2.14. The van der Waals surface area contributed by atoms with Crippen molar-refractivity contribution < 1.29 is 4.79 Å². The Bertz CT molecular complexity index is 133. The van der Waals surface area contributed by atoms with Crippen molar-refractivity contribution in [3.8, 4) is 0 Å². The molecular formula is C7H15ClOSSi. The average Bonchev–Trinajstić information content (AvgIpc) is 1.78. The number of carbonyl (C=O) groups is 1. The second kappa shape index (κ2) is 5.22. The molecule has 0 radical (unpaired) electrons. The van der Waals surface area contributed by atoms with Gasteiger partial charge >= 0.3 is 0 Å². The molecule has 0 rings (SSSR count). The Morgan fingerprint density at radius 1 is 1.45 bits per heavy atom. The Morgan fingerprint density at radius 3 is 2.36 bits per heavy atom. The van der Waals surface area contributed by atoms with Crippen LogP contribution in [0.5, 0.6) is 0 Å². The highest BCUT2D eigenvalue weighted by Gasteiger charge is 2.11. The van der Waals surface area contributed by atoms with Gasteiger partial charge in [-0.15, -0.1) is 0 Å². The maximum absolute atomic E-state index is 10.3. The predicted octanol–water partition coefficient (Wildman–Crippen LogP) is 2.82. The summed E-state index contributed by atoms with van der Waals surface area (Å²) in [5.74, 6) is 1.54. The molecule has 0 aromatic carbocycles. The Labute approximate surface area is 78.9 Å². The first-order valence-corrected chi connectivity index (χ1v) is 8.92. The van der Waals surface area contributed by atoms with E-state index in [1.165, 1.54) is 6.04 Å². The number of hydrogen-bond acceptors (Lipinski definition) is 2. The van der Waals surface area contributed by atoms with Gasteiger partial charge in [-0.05, 0) is 23.4 Å².